The minimum absolute atomic E-state index is 0.166. The fourth-order valence-electron chi connectivity index (χ4n) is 4.36. The van der Waals surface area contributed by atoms with E-state index in [2.05, 4.69) is 23.8 Å². The van der Waals surface area contributed by atoms with Gasteiger partial charge in [-0.3, -0.25) is 9.69 Å². The summed E-state index contributed by atoms with van der Waals surface area (Å²) in [6.07, 6.45) is 0. The maximum atomic E-state index is 15.0. The van der Waals surface area contributed by atoms with Crippen LogP contribution in [0, 0.1) is 12.7 Å². The summed E-state index contributed by atoms with van der Waals surface area (Å²) in [6, 6.07) is 2.42. The van der Waals surface area contributed by atoms with Crippen LogP contribution in [-0.2, 0) is 7.05 Å². The Labute approximate surface area is 157 Å². The highest BCUT2D eigenvalue weighted by Crippen LogP contribution is 2.42. The van der Waals surface area contributed by atoms with Gasteiger partial charge in [0.1, 0.15) is 5.69 Å². The molecule has 7 heteroatoms. The van der Waals surface area contributed by atoms with E-state index in [0.717, 1.165) is 25.3 Å². The average Bonchev–Trinajstić information content (AvgIpc) is 2.58. The van der Waals surface area contributed by atoms with Crippen molar-refractivity contribution in [2.75, 3.05) is 43.5 Å². The minimum atomic E-state index is -0.415. The third-order valence-electron chi connectivity index (χ3n) is 6.05. The van der Waals surface area contributed by atoms with Crippen LogP contribution in [0.15, 0.2) is 10.9 Å². The molecule has 5 nitrogen and oxygen atoms in total. The normalized spacial score (nSPS) is 23.3. The Hall–Kier alpha value is -1.79. The maximum absolute atomic E-state index is 15.0. The molecule has 2 aliphatic heterocycles. The van der Waals surface area contributed by atoms with Crippen molar-refractivity contribution in [3.05, 3.63) is 32.8 Å². The molecule has 0 saturated carbocycles. The van der Waals surface area contributed by atoms with Crippen molar-refractivity contribution in [3.63, 3.8) is 0 Å². The number of aromatic nitrogens is 1. The first-order valence-electron chi connectivity index (χ1n) is 8.91. The van der Waals surface area contributed by atoms with Crippen LogP contribution in [-0.4, -0.2) is 55.3 Å². The van der Waals surface area contributed by atoms with Crippen molar-refractivity contribution in [3.8, 4) is 0 Å². The zero-order chi connectivity index (χ0) is 18.9. The van der Waals surface area contributed by atoms with E-state index in [0.29, 0.717) is 33.2 Å². The number of rotatable bonds is 0. The Morgan fingerprint density at radius 3 is 2.54 bits per heavy atom. The highest BCUT2D eigenvalue weighted by molar-refractivity contribution is 6.32. The number of pyridine rings is 1. The zero-order valence-corrected chi connectivity index (χ0v) is 16.6. The predicted octanol–water partition coefficient (Wildman–Crippen LogP) is 2.60. The van der Waals surface area contributed by atoms with Crippen LogP contribution >= 0.6 is 11.6 Å². The van der Waals surface area contributed by atoms with Crippen LogP contribution in [0.25, 0.3) is 10.9 Å². The number of nitrogens with zero attached hydrogens (tertiary/aromatic N) is 4. The number of aryl methyl sites for hydroxylation is 1. The van der Waals surface area contributed by atoms with Gasteiger partial charge in [-0.25, -0.2) is 4.39 Å². The molecule has 1 aromatic heterocycles. The third-order valence-corrected chi connectivity index (χ3v) is 6.44. The van der Waals surface area contributed by atoms with Crippen molar-refractivity contribution in [2.45, 2.75) is 25.9 Å². The van der Waals surface area contributed by atoms with Gasteiger partial charge < -0.3 is 14.4 Å². The Morgan fingerprint density at radius 2 is 1.85 bits per heavy atom. The molecular weight excluding hydrogens is 355 g/mol. The first-order valence-corrected chi connectivity index (χ1v) is 9.29. The molecule has 0 aliphatic carbocycles. The summed E-state index contributed by atoms with van der Waals surface area (Å²) < 4.78 is 16.5. The predicted molar refractivity (Wildman–Crippen MR) is 105 cm³/mol. The number of anilines is 2. The maximum Gasteiger partial charge on any atom is 0.276 e. The highest BCUT2D eigenvalue weighted by atomic mass is 35.5. The van der Waals surface area contributed by atoms with E-state index in [1.165, 1.54) is 4.57 Å². The monoisotopic (exact) mass is 378 g/mol. The second-order valence-electron chi connectivity index (χ2n) is 7.73. The van der Waals surface area contributed by atoms with Gasteiger partial charge >= 0.3 is 0 Å². The fraction of sp³-hybridized carbons (Fsp3) is 0.526. The molecule has 2 atom stereocenters. The number of benzene rings is 1. The summed E-state index contributed by atoms with van der Waals surface area (Å²) in [5, 5.41) is 1.10. The second kappa shape index (κ2) is 5.86. The van der Waals surface area contributed by atoms with E-state index in [4.69, 9.17) is 11.6 Å². The molecule has 0 spiro atoms. The van der Waals surface area contributed by atoms with Gasteiger partial charge in [0, 0.05) is 55.7 Å². The SMILES string of the molecule is Cc1c(Cl)cc2c3c(c(=O)n(C)c2c1F)N(C)CC1CN(C)C(C)CN31. The molecule has 0 bridgehead atoms. The van der Waals surface area contributed by atoms with Gasteiger partial charge in [0.25, 0.3) is 5.56 Å². The van der Waals surface area contributed by atoms with Crippen LogP contribution < -0.4 is 15.4 Å². The molecule has 1 aromatic carbocycles. The molecule has 140 valence electrons. The average molecular weight is 379 g/mol. The van der Waals surface area contributed by atoms with Crippen molar-refractivity contribution in [1.29, 1.82) is 0 Å². The van der Waals surface area contributed by atoms with E-state index in [1.807, 2.05) is 18.0 Å². The number of piperazine rings is 1. The van der Waals surface area contributed by atoms with Crippen LogP contribution in [0.4, 0.5) is 15.8 Å². The molecule has 0 N–H and O–H groups in total. The summed E-state index contributed by atoms with van der Waals surface area (Å²) in [6.45, 7) is 6.30. The largest absolute Gasteiger partial charge is 0.366 e. The number of likely N-dealkylation sites (N-methyl/N-ethyl adjacent to an activating group) is 2. The first-order chi connectivity index (χ1) is 12.2. The smallest absolute Gasteiger partial charge is 0.276 e. The van der Waals surface area contributed by atoms with Gasteiger partial charge in [0.05, 0.1) is 17.2 Å². The standard InChI is InChI=1S/C19H24ClFN4O/c1-10-7-25-12(8-22(10)3)9-23(4)18-17(25)13-6-14(20)11(2)15(21)16(13)24(5)19(18)26/h6,10,12H,7-9H2,1-5H3. The number of halogens is 2. The molecule has 1 fully saturated rings. The van der Waals surface area contributed by atoms with Crippen molar-refractivity contribution in [1.82, 2.24) is 9.47 Å². The van der Waals surface area contributed by atoms with Gasteiger partial charge in [-0.05, 0) is 27.0 Å². The van der Waals surface area contributed by atoms with Gasteiger partial charge in [0.15, 0.2) is 5.82 Å². The second-order valence-corrected chi connectivity index (χ2v) is 8.14. The molecule has 26 heavy (non-hydrogen) atoms. The van der Waals surface area contributed by atoms with Gasteiger partial charge in [-0.1, -0.05) is 11.6 Å². The van der Waals surface area contributed by atoms with Gasteiger partial charge in [-0.2, -0.15) is 0 Å². The summed E-state index contributed by atoms with van der Waals surface area (Å²) in [4.78, 5) is 19.7. The Bertz CT molecular complexity index is 973. The van der Waals surface area contributed by atoms with Gasteiger partial charge in [0.2, 0.25) is 0 Å². The van der Waals surface area contributed by atoms with E-state index in [1.54, 1.807) is 14.0 Å². The molecular formula is C19H24ClFN4O. The first kappa shape index (κ1) is 17.6. The summed E-state index contributed by atoms with van der Waals surface area (Å²) in [7, 11) is 5.70. The lowest BCUT2D eigenvalue weighted by Gasteiger charge is -2.50. The quantitative estimate of drug-likeness (QED) is 0.705. The molecule has 2 unspecified atom stereocenters. The van der Waals surface area contributed by atoms with Gasteiger partial charge in [-0.15, -0.1) is 0 Å². The van der Waals surface area contributed by atoms with Crippen molar-refractivity contribution >= 4 is 33.9 Å². The molecule has 4 rings (SSSR count). The number of hydrogen-bond donors (Lipinski definition) is 0. The van der Waals surface area contributed by atoms with E-state index < -0.39 is 5.82 Å². The van der Waals surface area contributed by atoms with E-state index in [-0.39, 0.29) is 11.6 Å². The Kier molecular flexibility index (Phi) is 3.97. The highest BCUT2D eigenvalue weighted by Gasteiger charge is 2.38. The molecule has 1 saturated heterocycles. The summed E-state index contributed by atoms with van der Waals surface area (Å²) in [5.74, 6) is -0.415. The topological polar surface area (TPSA) is 31.7 Å². The minimum Gasteiger partial charge on any atom is -0.366 e. The fourth-order valence-corrected chi connectivity index (χ4v) is 4.55. The zero-order valence-electron chi connectivity index (χ0n) is 15.8. The van der Waals surface area contributed by atoms with Crippen molar-refractivity contribution < 1.29 is 4.39 Å². The Morgan fingerprint density at radius 1 is 1.15 bits per heavy atom. The van der Waals surface area contributed by atoms with Crippen LogP contribution in [0.1, 0.15) is 12.5 Å². The Balaban J connectivity index is 2.10. The van der Waals surface area contributed by atoms with E-state index in [9.17, 15) is 4.79 Å². The molecule has 2 aromatic rings. The lowest BCUT2D eigenvalue weighted by Crippen LogP contribution is -2.62. The number of hydrogen-bond acceptors (Lipinski definition) is 4. The van der Waals surface area contributed by atoms with E-state index >= 15 is 4.39 Å². The van der Waals surface area contributed by atoms with Crippen LogP contribution in [0.2, 0.25) is 5.02 Å². The molecule has 3 heterocycles. The lowest BCUT2D eigenvalue weighted by molar-refractivity contribution is 0.199. The van der Waals surface area contributed by atoms with Crippen molar-refractivity contribution in [2.24, 2.45) is 7.05 Å². The molecule has 2 aliphatic rings. The summed E-state index contributed by atoms with van der Waals surface area (Å²) in [5.41, 5.74) is 1.99. The van der Waals surface area contributed by atoms with Crippen LogP contribution in [0.3, 0.4) is 0 Å². The summed E-state index contributed by atoms with van der Waals surface area (Å²) >= 11 is 6.32. The lowest BCUT2D eigenvalue weighted by atomic mass is 9.98. The molecule has 0 radical (unpaired) electrons. The number of fused-ring (bicyclic) bond motifs is 5. The van der Waals surface area contributed by atoms with Crippen LogP contribution in [0.5, 0.6) is 0 Å². The molecule has 0 amide bonds. The third kappa shape index (κ3) is 2.28.